The number of rotatable bonds is 3. The Balaban J connectivity index is 2.02. The highest BCUT2D eigenvalue weighted by Gasteiger charge is 2.31. The lowest BCUT2D eigenvalue weighted by Gasteiger charge is -2.40. The summed E-state index contributed by atoms with van der Waals surface area (Å²) in [7, 11) is 0. The van der Waals surface area contributed by atoms with Crippen molar-refractivity contribution in [1.29, 1.82) is 0 Å². The third-order valence-corrected chi connectivity index (χ3v) is 4.16. The van der Waals surface area contributed by atoms with E-state index in [1.807, 2.05) is 17.0 Å². The fraction of sp³-hybridized carbons (Fsp3) is 0.562. The average molecular weight is 276 g/mol. The van der Waals surface area contributed by atoms with E-state index in [0.717, 1.165) is 18.4 Å². The average Bonchev–Trinajstić information content (AvgIpc) is 2.41. The second-order valence-corrected chi connectivity index (χ2v) is 5.85. The molecular formula is C16H24N2O2. The van der Waals surface area contributed by atoms with Crippen LogP contribution in [0.4, 0.5) is 0 Å². The van der Waals surface area contributed by atoms with Crippen molar-refractivity contribution in [3.05, 3.63) is 29.8 Å². The van der Waals surface area contributed by atoms with Crippen molar-refractivity contribution in [2.75, 3.05) is 0 Å². The van der Waals surface area contributed by atoms with Crippen LogP contribution >= 0.6 is 0 Å². The van der Waals surface area contributed by atoms with Crippen LogP contribution < -0.4 is 5.73 Å². The van der Waals surface area contributed by atoms with Crippen LogP contribution in [0.15, 0.2) is 24.3 Å². The molecule has 1 aromatic carbocycles. The number of piperidine rings is 1. The number of phenolic OH excluding ortho intramolecular Hbond substituents is 1. The van der Waals surface area contributed by atoms with Gasteiger partial charge in [0.1, 0.15) is 5.75 Å². The molecule has 1 aliphatic rings. The number of carbonyl (C=O) groups excluding carboxylic acids is 1. The van der Waals surface area contributed by atoms with E-state index in [1.54, 1.807) is 12.1 Å². The maximum absolute atomic E-state index is 12.5. The van der Waals surface area contributed by atoms with Crippen LogP contribution in [-0.4, -0.2) is 34.0 Å². The molecule has 4 nitrogen and oxygen atoms in total. The summed E-state index contributed by atoms with van der Waals surface area (Å²) >= 11 is 0. The highest BCUT2D eigenvalue weighted by atomic mass is 16.3. The van der Waals surface area contributed by atoms with E-state index < -0.39 is 6.04 Å². The number of carbonyl (C=O) groups is 1. The number of likely N-dealkylation sites (tertiary alicyclic amines) is 1. The number of nitrogens with two attached hydrogens (primary N) is 1. The largest absolute Gasteiger partial charge is 0.508 e. The van der Waals surface area contributed by atoms with Crippen LogP contribution in [-0.2, 0) is 11.2 Å². The molecule has 20 heavy (non-hydrogen) atoms. The molecule has 0 bridgehead atoms. The first-order valence-corrected chi connectivity index (χ1v) is 7.34. The van der Waals surface area contributed by atoms with Gasteiger partial charge in [0, 0.05) is 12.1 Å². The topological polar surface area (TPSA) is 66.6 Å². The first kappa shape index (κ1) is 14.9. The number of hydrogen-bond donors (Lipinski definition) is 2. The van der Waals surface area contributed by atoms with Gasteiger partial charge in [-0.3, -0.25) is 4.79 Å². The van der Waals surface area contributed by atoms with E-state index in [-0.39, 0.29) is 23.7 Å². The Morgan fingerprint density at radius 3 is 2.40 bits per heavy atom. The van der Waals surface area contributed by atoms with Crippen molar-refractivity contribution in [2.45, 2.75) is 57.7 Å². The normalized spacial score (nSPS) is 24.4. The van der Waals surface area contributed by atoms with E-state index in [0.29, 0.717) is 6.42 Å². The van der Waals surface area contributed by atoms with Crippen molar-refractivity contribution in [3.8, 4) is 5.75 Å². The lowest BCUT2D eigenvalue weighted by atomic mass is 9.95. The molecule has 0 aliphatic carbocycles. The third-order valence-electron chi connectivity index (χ3n) is 4.16. The van der Waals surface area contributed by atoms with Crippen LogP contribution in [0.25, 0.3) is 0 Å². The summed E-state index contributed by atoms with van der Waals surface area (Å²) in [5, 5.41) is 9.27. The number of hydrogen-bond acceptors (Lipinski definition) is 3. The molecule has 0 saturated carbocycles. The predicted octanol–water partition coefficient (Wildman–Crippen LogP) is 2.05. The third kappa shape index (κ3) is 3.31. The molecule has 0 spiro atoms. The first-order chi connectivity index (χ1) is 9.49. The lowest BCUT2D eigenvalue weighted by Crippen LogP contribution is -2.54. The number of aromatic hydroxyl groups is 1. The van der Waals surface area contributed by atoms with Gasteiger partial charge in [0.05, 0.1) is 6.04 Å². The van der Waals surface area contributed by atoms with Gasteiger partial charge < -0.3 is 15.7 Å². The Labute approximate surface area is 120 Å². The zero-order valence-corrected chi connectivity index (χ0v) is 12.2. The molecule has 0 aromatic heterocycles. The first-order valence-electron chi connectivity index (χ1n) is 7.34. The van der Waals surface area contributed by atoms with Gasteiger partial charge in [0.2, 0.25) is 5.91 Å². The van der Waals surface area contributed by atoms with Gasteiger partial charge in [-0.25, -0.2) is 0 Å². The second-order valence-electron chi connectivity index (χ2n) is 5.85. The Hall–Kier alpha value is -1.55. The van der Waals surface area contributed by atoms with Gasteiger partial charge >= 0.3 is 0 Å². The highest BCUT2D eigenvalue weighted by molar-refractivity contribution is 5.82. The Kier molecular flexibility index (Phi) is 4.65. The molecule has 110 valence electrons. The quantitative estimate of drug-likeness (QED) is 0.888. The fourth-order valence-corrected chi connectivity index (χ4v) is 3.02. The highest BCUT2D eigenvalue weighted by Crippen LogP contribution is 2.23. The maximum atomic E-state index is 12.5. The van der Waals surface area contributed by atoms with Gasteiger partial charge in [-0.05, 0) is 57.2 Å². The SMILES string of the molecule is C[C@@H]1CCC[C@H](C)N1C(=O)[C@H](N)Cc1ccc(O)cc1. The minimum absolute atomic E-state index is 0.0396. The van der Waals surface area contributed by atoms with Crippen molar-refractivity contribution in [3.63, 3.8) is 0 Å². The van der Waals surface area contributed by atoms with Crippen molar-refractivity contribution < 1.29 is 9.90 Å². The van der Waals surface area contributed by atoms with Crippen molar-refractivity contribution >= 4 is 5.91 Å². The van der Waals surface area contributed by atoms with E-state index in [2.05, 4.69) is 13.8 Å². The maximum Gasteiger partial charge on any atom is 0.240 e. The summed E-state index contributed by atoms with van der Waals surface area (Å²) < 4.78 is 0. The molecule has 0 radical (unpaired) electrons. The summed E-state index contributed by atoms with van der Waals surface area (Å²) in [4.78, 5) is 14.5. The van der Waals surface area contributed by atoms with E-state index in [9.17, 15) is 9.90 Å². The Morgan fingerprint density at radius 2 is 1.85 bits per heavy atom. The predicted molar refractivity (Wildman–Crippen MR) is 79.4 cm³/mol. The smallest absolute Gasteiger partial charge is 0.240 e. The number of amides is 1. The molecule has 1 saturated heterocycles. The van der Waals surface area contributed by atoms with Gasteiger partial charge in [0.25, 0.3) is 0 Å². The number of nitrogens with zero attached hydrogens (tertiary/aromatic N) is 1. The van der Waals surface area contributed by atoms with Crippen molar-refractivity contribution in [1.82, 2.24) is 4.90 Å². The Bertz CT molecular complexity index is 448. The molecule has 1 heterocycles. The zero-order chi connectivity index (χ0) is 14.7. The summed E-state index contributed by atoms with van der Waals surface area (Å²) in [6, 6.07) is 6.91. The summed E-state index contributed by atoms with van der Waals surface area (Å²) in [6.45, 7) is 4.20. The number of phenols is 1. The van der Waals surface area contributed by atoms with Crippen LogP contribution in [0.5, 0.6) is 5.75 Å². The number of benzene rings is 1. The van der Waals surface area contributed by atoms with E-state index in [1.165, 1.54) is 6.42 Å². The molecule has 1 amide bonds. The minimum atomic E-state index is -0.512. The molecular weight excluding hydrogens is 252 g/mol. The summed E-state index contributed by atoms with van der Waals surface area (Å²) in [5.41, 5.74) is 7.06. The minimum Gasteiger partial charge on any atom is -0.508 e. The zero-order valence-electron chi connectivity index (χ0n) is 12.2. The molecule has 0 unspecified atom stereocenters. The fourth-order valence-electron chi connectivity index (χ4n) is 3.02. The van der Waals surface area contributed by atoms with Gasteiger partial charge in [-0.1, -0.05) is 12.1 Å². The van der Waals surface area contributed by atoms with Crippen LogP contribution in [0, 0.1) is 0 Å². The monoisotopic (exact) mass is 276 g/mol. The standard InChI is InChI=1S/C16H24N2O2/c1-11-4-3-5-12(2)18(11)16(20)15(17)10-13-6-8-14(19)9-7-13/h6-9,11-12,15,19H,3-5,10,17H2,1-2H3/t11-,12+,15-/m1/s1. The summed E-state index contributed by atoms with van der Waals surface area (Å²) in [5.74, 6) is 0.268. The molecule has 1 aromatic rings. The molecule has 3 atom stereocenters. The van der Waals surface area contributed by atoms with Gasteiger partial charge in [-0.2, -0.15) is 0 Å². The molecule has 1 fully saturated rings. The van der Waals surface area contributed by atoms with Crippen LogP contribution in [0.1, 0.15) is 38.7 Å². The van der Waals surface area contributed by atoms with E-state index in [4.69, 9.17) is 5.73 Å². The van der Waals surface area contributed by atoms with Gasteiger partial charge in [-0.15, -0.1) is 0 Å². The summed E-state index contributed by atoms with van der Waals surface area (Å²) in [6.07, 6.45) is 3.80. The molecule has 3 N–H and O–H groups in total. The lowest BCUT2D eigenvalue weighted by molar-refractivity contribution is -0.138. The van der Waals surface area contributed by atoms with E-state index >= 15 is 0 Å². The molecule has 2 rings (SSSR count). The molecule has 1 aliphatic heterocycles. The van der Waals surface area contributed by atoms with Gasteiger partial charge in [0.15, 0.2) is 0 Å². The Morgan fingerprint density at radius 1 is 1.30 bits per heavy atom. The second kappa shape index (κ2) is 6.27. The van der Waals surface area contributed by atoms with Crippen molar-refractivity contribution in [2.24, 2.45) is 5.73 Å². The van der Waals surface area contributed by atoms with Crippen LogP contribution in [0.2, 0.25) is 0 Å². The van der Waals surface area contributed by atoms with Crippen LogP contribution in [0.3, 0.4) is 0 Å². The molecule has 4 heteroatoms.